The van der Waals surface area contributed by atoms with Crippen LogP contribution in [0.25, 0.3) is 0 Å². The van der Waals surface area contributed by atoms with E-state index in [1.165, 1.54) is 31.7 Å². The maximum atomic E-state index is 6.26. The summed E-state index contributed by atoms with van der Waals surface area (Å²) in [5.41, 5.74) is 1.29. The molecule has 1 fully saturated rings. The van der Waals surface area contributed by atoms with Crippen molar-refractivity contribution in [3.05, 3.63) is 29.8 Å². The highest BCUT2D eigenvalue weighted by Gasteiger charge is 2.37. The predicted octanol–water partition coefficient (Wildman–Crippen LogP) is 2.26. The summed E-state index contributed by atoms with van der Waals surface area (Å²) in [7, 11) is 2.21. The fourth-order valence-corrected chi connectivity index (χ4v) is 3.28. The molecule has 1 saturated heterocycles. The lowest BCUT2D eigenvalue weighted by atomic mass is 9.82. The number of hydrogen-bond acceptors (Lipinski definition) is 3. The summed E-state index contributed by atoms with van der Waals surface area (Å²) in [6.07, 6.45) is 1.13. The maximum absolute atomic E-state index is 6.26. The molecule has 0 bridgehead atoms. The molecule has 0 radical (unpaired) electrons. The lowest BCUT2D eigenvalue weighted by Crippen LogP contribution is -2.52. The third-order valence-electron chi connectivity index (χ3n) is 4.87. The van der Waals surface area contributed by atoms with Crippen LogP contribution >= 0.6 is 0 Å². The molecule has 0 saturated carbocycles. The van der Waals surface area contributed by atoms with Crippen molar-refractivity contribution in [2.24, 2.45) is 5.92 Å². The predicted molar refractivity (Wildman–Crippen MR) is 82.3 cm³/mol. The van der Waals surface area contributed by atoms with E-state index in [1.807, 2.05) is 0 Å². The van der Waals surface area contributed by atoms with Crippen LogP contribution in [0.1, 0.15) is 19.4 Å². The first-order valence-corrected chi connectivity index (χ1v) is 7.72. The van der Waals surface area contributed by atoms with Gasteiger partial charge >= 0.3 is 0 Å². The topological polar surface area (TPSA) is 15.7 Å². The average Bonchev–Trinajstić information content (AvgIpc) is 2.41. The van der Waals surface area contributed by atoms with Gasteiger partial charge in [0.25, 0.3) is 0 Å². The lowest BCUT2D eigenvalue weighted by Gasteiger charge is -2.43. The molecule has 2 aliphatic heterocycles. The van der Waals surface area contributed by atoms with Crippen LogP contribution in [-0.4, -0.2) is 55.2 Å². The van der Waals surface area contributed by atoms with Crippen molar-refractivity contribution in [1.29, 1.82) is 0 Å². The molecule has 110 valence electrons. The second-order valence-electron chi connectivity index (χ2n) is 6.82. The molecule has 3 heteroatoms. The van der Waals surface area contributed by atoms with Crippen LogP contribution in [-0.2, 0) is 6.42 Å². The van der Waals surface area contributed by atoms with Gasteiger partial charge in [0.05, 0.1) is 0 Å². The number of para-hydroxylation sites is 1. The number of hydrogen-bond donors (Lipinski definition) is 0. The molecular weight excluding hydrogens is 248 g/mol. The van der Waals surface area contributed by atoms with Gasteiger partial charge in [0.15, 0.2) is 0 Å². The summed E-state index contributed by atoms with van der Waals surface area (Å²) in [6, 6.07) is 8.49. The van der Waals surface area contributed by atoms with E-state index in [1.54, 1.807) is 0 Å². The quantitative estimate of drug-likeness (QED) is 0.823. The molecule has 3 rings (SSSR count). The molecule has 3 nitrogen and oxygen atoms in total. The van der Waals surface area contributed by atoms with E-state index in [2.05, 4.69) is 55.0 Å². The fraction of sp³-hybridized carbons (Fsp3) is 0.647. The van der Waals surface area contributed by atoms with Gasteiger partial charge < -0.3 is 14.5 Å². The molecule has 1 atom stereocenters. The van der Waals surface area contributed by atoms with Crippen molar-refractivity contribution in [3.63, 3.8) is 0 Å². The first kappa shape index (κ1) is 13.9. The Kier molecular flexibility index (Phi) is 3.74. The van der Waals surface area contributed by atoms with Gasteiger partial charge in [-0.05, 0) is 38.9 Å². The van der Waals surface area contributed by atoms with Gasteiger partial charge in [-0.15, -0.1) is 0 Å². The number of benzene rings is 1. The van der Waals surface area contributed by atoms with Gasteiger partial charge in [-0.2, -0.15) is 0 Å². The number of rotatable bonds is 2. The van der Waals surface area contributed by atoms with Crippen LogP contribution in [0.2, 0.25) is 0 Å². The molecule has 0 spiro atoms. The molecule has 1 aromatic carbocycles. The Bertz CT molecular complexity index is 464. The first-order valence-electron chi connectivity index (χ1n) is 7.72. The van der Waals surface area contributed by atoms with Crippen LogP contribution in [0.3, 0.4) is 0 Å². The number of ether oxygens (including phenoxy) is 1. The number of piperazine rings is 1. The minimum atomic E-state index is -0.0717. The minimum absolute atomic E-state index is 0.0717. The Labute approximate surface area is 122 Å². The van der Waals surface area contributed by atoms with Crippen molar-refractivity contribution in [2.45, 2.75) is 25.9 Å². The zero-order valence-electron chi connectivity index (χ0n) is 12.9. The smallest absolute Gasteiger partial charge is 0.123 e. The normalized spacial score (nSPS) is 26.9. The summed E-state index contributed by atoms with van der Waals surface area (Å²) in [4.78, 5) is 5.01. The van der Waals surface area contributed by atoms with E-state index >= 15 is 0 Å². The Hall–Kier alpha value is -1.06. The van der Waals surface area contributed by atoms with E-state index in [4.69, 9.17) is 4.74 Å². The molecular formula is C17H26N2O. The van der Waals surface area contributed by atoms with E-state index in [0.29, 0.717) is 5.92 Å². The minimum Gasteiger partial charge on any atom is -0.487 e. The number of fused-ring (bicyclic) bond motifs is 1. The molecule has 1 aromatic rings. The zero-order chi connectivity index (χ0) is 14.2. The first-order chi connectivity index (χ1) is 9.54. The standard InChI is InChI=1S/C17H26N2O/c1-17(2)15(13-19-10-8-18(3)9-11-19)12-14-6-4-5-7-16(14)20-17/h4-7,15H,8-13H2,1-3H3. The molecule has 1 unspecified atom stereocenters. The maximum Gasteiger partial charge on any atom is 0.123 e. The van der Waals surface area contributed by atoms with Crippen molar-refractivity contribution < 1.29 is 4.74 Å². The second kappa shape index (κ2) is 5.38. The average molecular weight is 274 g/mol. The molecule has 2 aliphatic rings. The third kappa shape index (κ3) is 2.84. The summed E-state index contributed by atoms with van der Waals surface area (Å²) in [5, 5.41) is 0. The van der Waals surface area contributed by atoms with E-state index in [0.717, 1.165) is 18.7 Å². The van der Waals surface area contributed by atoms with Gasteiger partial charge in [0.2, 0.25) is 0 Å². The Morgan fingerprint density at radius 1 is 1.15 bits per heavy atom. The Morgan fingerprint density at radius 3 is 2.60 bits per heavy atom. The molecule has 0 aliphatic carbocycles. The highest BCUT2D eigenvalue weighted by atomic mass is 16.5. The van der Waals surface area contributed by atoms with Gasteiger partial charge in [-0.3, -0.25) is 0 Å². The van der Waals surface area contributed by atoms with Gasteiger partial charge in [-0.25, -0.2) is 0 Å². The van der Waals surface area contributed by atoms with E-state index < -0.39 is 0 Å². The highest BCUT2D eigenvalue weighted by molar-refractivity contribution is 5.36. The molecule has 0 N–H and O–H groups in total. The van der Waals surface area contributed by atoms with E-state index in [-0.39, 0.29) is 5.60 Å². The lowest BCUT2D eigenvalue weighted by molar-refractivity contribution is 0.00208. The zero-order valence-corrected chi connectivity index (χ0v) is 12.9. The van der Waals surface area contributed by atoms with Crippen LogP contribution in [0.4, 0.5) is 0 Å². The van der Waals surface area contributed by atoms with Crippen molar-refractivity contribution in [1.82, 2.24) is 9.80 Å². The van der Waals surface area contributed by atoms with Gasteiger partial charge in [0, 0.05) is 38.6 Å². The fourth-order valence-electron chi connectivity index (χ4n) is 3.28. The van der Waals surface area contributed by atoms with Crippen molar-refractivity contribution in [2.75, 3.05) is 39.8 Å². The van der Waals surface area contributed by atoms with E-state index in [9.17, 15) is 0 Å². The summed E-state index contributed by atoms with van der Waals surface area (Å²) in [5.74, 6) is 1.65. The van der Waals surface area contributed by atoms with Crippen molar-refractivity contribution >= 4 is 0 Å². The number of nitrogens with zero attached hydrogens (tertiary/aromatic N) is 2. The van der Waals surface area contributed by atoms with Gasteiger partial charge in [0.1, 0.15) is 11.4 Å². The Morgan fingerprint density at radius 2 is 1.85 bits per heavy atom. The van der Waals surface area contributed by atoms with Crippen LogP contribution in [0, 0.1) is 5.92 Å². The van der Waals surface area contributed by atoms with Crippen LogP contribution < -0.4 is 4.74 Å². The number of likely N-dealkylation sites (N-methyl/N-ethyl adjacent to an activating group) is 1. The van der Waals surface area contributed by atoms with Gasteiger partial charge in [-0.1, -0.05) is 18.2 Å². The summed E-state index contributed by atoms with van der Waals surface area (Å²) >= 11 is 0. The molecule has 0 aromatic heterocycles. The monoisotopic (exact) mass is 274 g/mol. The molecule has 2 heterocycles. The van der Waals surface area contributed by atoms with Crippen molar-refractivity contribution in [3.8, 4) is 5.75 Å². The summed E-state index contributed by atoms with van der Waals surface area (Å²) < 4.78 is 6.26. The largest absolute Gasteiger partial charge is 0.487 e. The van der Waals surface area contributed by atoms with Crippen LogP contribution in [0.15, 0.2) is 24.3 Å². The summed E-state index contributed by atoms with van der Waals surface area (Å²) in [6.45, 7) is 10.4. The third-order valence-corrected chi connectivity index (χ3v) is 4.87. The molecule has 0 amide bonds. The molecule has 20 heavy (non-hydrogen) atoms. The second-order valence-corrected chi connectivity index (χ2v) is 6.82. The Balaban J connectivity index is 1.70. The SMILES string of the molecule is CN1CCN(CC2Cc3ccccc3OC2(C)C)CC1. The van der Waals surface area contributed by atoms with Crippen LogP contribution in [0.5, 0.6) is 5.75 Å². The highest BCUT2D eigenvalue weighted by Crippen LogP contribution is 2.37.